The molecule has 5 heteroatoms. The molecule has 0 spiro atoms. The normalized spacial score (nSPS) is 27.9. The molecule has 1 amide bonds. The third-order valence-corrected chi connectivity index (χ3v) is 3.06. The van der Waals surface area contributed by atoms with E-state index < -0.39 is 12.1 Å². The highest BCUT2D eigenvalue weighted by Gasteiger charge is 2.45. The summed E-state index contributed by atoms with van der Waals surface area (Å²) in [4.78, 5) is 12.1. The molecule has 1 heterocycles. The largest absolute Gasteiger partial charge is 0.471 e. The Labute approximate surface area is 87.4 Å². The summed E-state index contributed by atoms with van der Waals surface area (Å²) in [6.07, 6.45) is -2.32. The molecule has 0 N–H and O–H groups in total. The molecule has 1 aliphatic heterocycles. The molecular weight excluding hydrogens is 207 g/mol. The van der Waals surface area contributed by atoms with Gasteiger partial charge < -0.3 is 4.90 Å². The van der Waals surface area contributed by atoms with E-state index in [0.29, 0.717) is 6.42 Å². The Morgan fingerprint density at radius 1 is 1.40 bits per heavy atom. The zero-order chi connectivity index (χ0) is 11.6. The first-order valence-corrected chi connectivity index (χ1v) is 5.24. The van der Waals surface area contributed by atoms with E-state index in [4.69, 9.17) is 0 Å². The van der Waals surface area contributed by atoms with Crippen molar-refractivity contribution in [1.29, 1.82) is 0 Å². The van der Waals surface area contributed by atoms with Gasteiger partial charge in [0.2, 0.25) is 0 Å². The summed E-state index contributed by atoms with van der Waals surface area (Å²) in [5, 5.41) is 0. The van der Waals surface area contributed by atoms with Crippen LogP contribution in [0.5, 0.6) is 0 Å². The van der Waals surface area contributed by atoms with E-state index in [-0.39, 0.29) is 18.5 Å². The van der Waals surface area contributed by atoms with Crippen LogP contribution in [0.1, 0.15) is 33.1 Å². The fourth-order valence-electron chi connectivity index (χ4n) is 1.96. The lowest BCUT2D eigenvalue weighted by atomic mass is 9.91. The van der Waals surface area contributed by atoms with Gasteiger partial charge in [0.05, 0.1) is 0 Å². The highest BCUT2D eigenvalue weighted by atomic mass is 19.4. The number of rotatable bonds is 1. The fraction of sp³-hybridized carbons (Fsp3) is 0.900. The average Bonchev–Trinajstić information content (AvgIpc) is 2.16. The van der Waals surface area contributed by atoms with Gasteiger partial charge in [-0.15, -0.1) is 0 Å². The van der Waals surface area contributed by atoms with E-state index >= 15 is 0 Å². The van der Waals surface area contributed by atoms with Crippen LogP contribution in [-0.2, 0) is 4.79 Å². The van der Waals surface area contributed by atoms with E-state index in [1.165, 1.54) is 0 Å². The number of carbonyl (C=O) groups excluding carboxylic acids is 1. The maximum Gasteiger partial charge on any atom is 0.471 e. The molecule has 0 bridgehead atoms. The summed E-state index contributed by atoms with van der Waals surface area (Å²) in [6, 6.07) is -0.290. The Bertz CT molecular complexity index is 239. The van der Waals surface area contributed by atoms with Crippen molar-refractivity contribution in [2.45, 2.75) is 45.3 Å². The lowest BCUT2D eigenvalue weighted by Crippen LogP contribution is -2.50. The first-order valence-electron chi connectivity index (χ1n) is 5.24. The van der Waals surface area contributed by atoms with Gasteiger partial charge in [-0.3, -0.25) is 4.79 Å². The summed E-state index contributed by atoms with van der Waals surface area (Å²) < 4.78 is 36.7. The molecule has 0 aromatic rings. The van der Waals surface area contributed by atoms with E-state index in [1.54, 1.807) is 6.92 Å². The molecule has 1 saturated heterocycles. The Balaban J connectivity index is 2.70. The van der Waals surface area contributed by atoms with Crippen LogP contribution in [0.4, 0.5) is 13.2 Å². The Morgan fingerprint density at radius 3 is 2.47 bits per heavy atom. The number of hydrogen-bond acceptors (Lipinski definition) is 1. The third kappa shape index (κ3) is 2.86. The minimum Gasteiger partial charge on any atom is -0.332 e. The van der Waals surface area contributed by atoms with E-state index in [9.17, 15) is 18.0 Å². The standard InChI is InChI=1S/C10H16F3NO/c1-3-8-5-4-7(2)14(6-8)9(15)10(11,12)13/h7-8H,3-6H2,1-2H3/t7-,8+/m0/s1. The summed E-state index contributed by atoms with van der Waals surface area (Å²) in [5.41, 5.74) is 0. The van der Waals surface area contributed by atoms with Crippen molar-refractivity contribution in [3.63, 3.8) is 0 Å². The van der Waals surface area contributed by atoms with Crippen molar-refractivity contribution in [2.75, 3.05) is 6.54 Å². The molecule has 0 saturated carbocycles. The van der Waals surface area contributed by atoms with Gasteiger partial charge in [0.15, 0.2) is 0 Å². The van der Waals surface area contributed by atoms with Crippen LogP contribution in [-0.4, -0.2) is 29.6 Å². The third-order valence-electron chi connectivity index (χ3n) is 3.06. The van der Waals surface area contributed by atoms with Crippen LogP contribution < -0.4 is 0 Å². The number of halogens is 3. The molecular formula is C10H16F3NO. The second-order valence-electron chi connectivity index (χ2n) is 4.16. The molecule has 0 radical (unpaired) electrons. The smallest absolute Gasteiger partial charge is 0.332 e. The van der Waals surface area contributed by atoms with Crippen molar-refractivity contribution >= 4 is 5.91 Å². The Kier molecular flexibility index (Phi) is 3.62. The number of alkyl halides is 3. The number of hydrogen-bond donors (Lipinski definition) is 0. The number of amides is 1. The van der Waals surface area contributed by atoms with Gasteiger partial charge in [0.1, 0.15) is 0 Å². The molecule has 1 fully saturated rings. The highest BCUT2D eigenvalue weighted by molar-refractivity contribution is 5.82. The predicted octanol–water partition coefficient (Wildman–Crippen LogP) is 2.59. The lowest BCUT2D eigenvalue weighted by Gasteiger charge is -2.38. The molecule has 2 nitrogen and oxygen atoms in total. The average molecular weight is 223 g/mol. The molecule has 0 unspecified atom stereocenters. The number of carbonyl (C=O) groups is 1. The van der Waals surface area contributed by atoms with Gasteiger partial charge in [-0.1, -0.05) is 13.3 Å². The molecule has 1 rings (SSSR count). The van der Waals surface area contributed by atoms with Crippen molar-refractivity contribution in [3.05, 3.63) is 0 Å². The van der Waals surface area contributed by atoms with Gasteiger partial charge >= 0.3 is 12.1 Å². The predicted molar refractivity (Wildman–Crippen MR) is 50.2 cm³/mol. The van der Waals surface area contributed by atoms with Crippen LogP contribution >= 0.6 is 0 Å². The zero-order valence-corrected chi connectivity index (χ0v) is 8.97. The molecule has 0 aromatic heterocycles. The van der Waals surface area contributed by atoms with Crippen LogP contribution in [0.15, 0.2) is 0 Å². The topological polar surface area (TPSA) is 20.3 Å². The van der Waals surface area contributed by atoms with Crippen molar-refractivity contribution in [3.8, 4) is 0 Å². The van der Waals surface area contributed by atoms with Crippen LogP contribution in [0.2, 0.25) is 0 Å². The van der Waals surface area contributed by atoms with Gasteiger partial charge in [-0.25, -0.2) is 0 Å². The lowest BCUT2D eigenvalue weighted by molar-refractivity contribution is -0.189. The van der Waals surface area contributed by atoms with E-state index in [2.05, 4.69) is 0 Å². The molecule has 2 atom stereocenters. The number of piperidine rings is 1. The van der Waals surface area contributed by atoms with Gasteiger partial charge in [0.25, 0.3) is 0 Å². The maximum atomic E-state index is 12.2. The highest BCUT2D eigenvalue weighted by Crippen LogP contribution is 2.28. The van der Waals surface area contributed by atoms with Crippen LogP contribution in [0, 0.1) is 5.92 Å². The Hall–Kier alpha value is -0.740. The van der Waals surface area contributed by atoms with Crippen molar-refractivity contribution < 1.29 is 18.0 Å². The molecule has 15 heavy (non-hydrogen) atoms. The van der Waals surface area contributed by atoms with Gasteiger partial charge in [-0.2, -0.15) is 13.2 Å². The van der Waals surface area contributed by atoms with Crippen molar-refractivity contribution in [2.24, 2.45) is 5.92 Å². The van der Waals surface area contributed by atoms with Crippen LogP contribution in [0.25, 0.3) is 0 Å². The number of likely N-dealkylation sites (tertiary alicyclic amines) is 1. The molecule has 0 aliphatic carbocycles. The second-order valence-corrected chi connectivity index (χ2v) is 4.16. The first-order chi connectivity index (χ1) is 6.86. The number of nitrogens with zero attached hydrogens (tertiary/aromatic N) is 1. The summed E-state index contributed by atoms with van der Waals surface area (Å²) in [7, 11) is 0. The van der Waals surface area contributed by atoms with E-state index in [1.807, 2.05) is 6.92 Å². The summed E-state index contributed by atoms with van der Waals surface area (Å²) in [5.74, 6) is -1.47. The first kappa shape index (κ1) is 12.3. The minimum atomic E-state index is -4.73. The van der Waals surface area contributed by atoms with E-state index in [0.717, 1.165) is 17.7 Å². The van der Waals surface area contributed by atoms with Gasteiger partial charge in [-0.05, 0) is 25.7 Å². The quantitative estimate of drug-likeness (QED) is 0.669. The summed E-state index contributed by atoms with van der Waals surface area (Å²) in [6.45, 7) is 3.86. The monoisotopic (exact) mass is 223 g/mol. The summed E-state index contributed by atoms with van der Waals surface area (Å²) >= 11 is 0. The zero-order valence-electron chi connectivity index (χ0n) is 8.97. The molecule has 88 valence electrons. The molecule has 1 aliphatic rings. The fourth-order valence-corrected chi connectivity index (χ4v) is 1.96. The Morgan fingerprint density at radius 2 is 2.00 bits per heavy atom. The van der Waals surface area contributed by atoms with Crippen molar-refractivity contribution in [1.82, 2.24) is 4.90 Å². The van der Waals surface area contributed by atoms with Crippen LogP contribution in [0.3, 0.4) is 0 Å². The minimum absolute atomic E-state index is 0.215. The second kappa shape index (κ2) is 4.41. The maximum absolute atomic E-state index is 12.2. The SMILES string of the molecule is CC[C@@H]1CC[C@H](C)N(C(=O)C(F)(F)F)C1. The van der Waals surface area contributed by atoms with Gasteiger partial charge in [0, 0.05) is 12.6 Å². The molecule has 0 aromatic carbocycles.